The van der Waals surface area contributed by atoms with E-state index in [2.05, 4.69) is 20.8 Å². The summed E-state index contributed by atoms with van der Waals surface area (Å²) in [6, 6.07) is 0. The third-order valence-corrected chi connectivity index (χ3v) is 3.54. The Balaban J connectivity index is 2.31. The standard InChI is InChI=1S/C12H25N/c1-4-11-6-8-12(13,9-11)7-5-10(2)3/h10-11H,4-9,13H2,1-3H3. The summed E-state index contributed by atoms with van der Waals surface area (Å²) < 4.78 is 0. The van der Waals surface area contributed by atoms with Gasteiger partial charge in [-0.05, 0) is 43.9 Å². The van der Waals surface area contributed by atoms with Crippen molar-refractivity contribution in [2.75, 3.05) is 0 Å². The van der Waals surface area contributed by atoms with E-state index in [4.69, 9.17) is 5.73 Å². The van der Waals surface area contributed by atoms with Gasteiger partial charge < -0.3 is 5.73 Å². The Morgan fingerprint density at radius 2 is 2.15 bits per heavy atom. The van der Waals surface area contributed by atoms with E-state index in [1.54, 1.807) is 0 Å². The highest BCUT2D eigenvalue weighted by atomic mass is 14.8. The van der Waals surface area contributed by atoms with Crippen LogP contribution in [0.4, 0.5) is 0 Å². The first-order valence-electron chi connectivity index (χ1n) is 5.84. The lowest BCUT2D eigenvalue weighted by Crippen LogP contribution is -2.37. The SMILES string of the molecule is CCC1CCC(N)(CCC(C)C)C1. The van der Waals surface area contributed by atoms with Crippen molar-refractivity contribution in [1.82, 2.24) is 0 Å². The van der Waals surface area contributed by atoms with Gasteiger partial charge in [0.05, 0.1) is 0 Å². The second-order valence-electron chi connectivity index (χ2n) is 5.31. The van der Waals surface area contributed by atoms with Gasteiger partial charge in [-0.2, -0.15) is 0 Å². The summed E-state index contributed by atoms with van der Waals surface area (Å²) in [5, 5.41) is 0. The van der Waals surface area contributed by atoms with Gasteiger partial charge in [0.2, 0.25) is 0 Å². The Kier molecular flexibility index (Phi) is 3.78. The molecule has 0 bridgehead atoms. The van der Waals surface area contributed by atoms with Gasteiger partial charge in [0, 0.05) is 5.54 Å². The third-order valence-electron chi connectivity index (χ3n) is 3.54. The van der Waals surface area contributed by atoms with E-state index in [0.29, 0.717) is 0 Å². The van der Waals surface area contributed by atoms with Crippen molar-refractivity contribution in [2.24, 2.45) is 17.6 Å². The van der Waals surface area contributed by atoms with Crippen molar-refractivity contribution < 1.29 is 0 Å². The lowest BCUT2D eigenvalue weighted by Gasteiger charge is -2.25. The zero-order valence-electron chi connectivity index (χ0n) is 9.47. The van der Waals surface area contributed by atoms with E-state index in [0.717, 1.165) is 11.8 Å². The first-order valence-corrected chi connectivity index (χ1v) is 5.84. The Hall–Kier alpha value is -0.0400. The van der Waals surface area contributed by atoms with Crippen LogP contribution in [0.3, 0.4) is 0 Å². The average Bonchev–Trinajstić information content (AvgIpc) is 2.45. The zero-order chi connectivity index (χ0) is 9.90. The van der Waals surface area contributed by atoms with E-state index in [-0.39, 0.29) is 5.54 Å². The summed E-state index contributed by atoms with van der Waals surface area (Å²) in [7, 11) is 0. The second-order valence-corrected chi connectivity index (χ2v) is 5.31. The van der Waals surface area contributed by atoms with Gasteiger partial charge in [0.25, 0.3) is 0 Å². The minimum absolute atomic E-state index is 0.199. The van der Waals surface area contributed by atoms with Crippen molar-refractivity contribution in [3.63, 3.8) is 0 Å². The Morgan fingerprint density at radius 1 is 1.46 bits per heavy atom. The van der Waals surface area contributed by atoms with E-state index in [1.807, 2.05) is 0 Å². The molecule has 1 fully saturated rings. The highest BCUT2D eigenvalue weighted by molar-refractivity contribution is 4.92. The smallest absolute Gasteiger partial charge is 0.0157 e. The van der Waals surface area contributed by atoms with Crippen molar-refractivity contribution in [1.29, 1.82) is 0 Å². The molecule has 2 unspecified atom stereocenters. The monoisotopic (exact) mass is 183 g/mol. The summed E-state index contributed by atoms with van der Waals surface area (Å²) >= 11 is 0. The summed E-state index contributed by atoms with van der Waals surface area (Å²) in [6.45, 7) is 6.87. The molecule has 1 aliphatic carbocycles. The van der Waals surface area contributed by atoms with Gasteiger partial charge in [0.15, 0.2) is 0 Å². The van der Waals surface area contributed by atoms with Crippen LogP contribution in [-0.4, -0.2) is 5.54 Å². The molecule has 1 heteroatoms. The normalized spacial score (nSPS) is 34.4. The molecule has 0 amide bonds. The molecule has 78 valence electrons. The minimum atomic E-state index is 0.199. The number of nitrogens with two attached hydrogens (primary N) is 1. The first-order chi connectivity index (χ1) is 6.06. The topological polar surface area (TPSA) is 26.0 Å². The van der Waals surface area contributed by atoms with Crippen molar-refractivity contribution >= 4 is 0 Å². The zero-order valence-corrected chi connectivity index (χ0v) is 9.47. The van der Waals surface area contributed by atoms with Crippen LogP contribution in [0.15, 0.2) is 0 Å². The highest BCUT2D eigenvalue weighted by Crippen LogP contribution is 2.37. The number of rotatable bonds is 4. The Bertz CT molecular complexity index is 153. The van der Waals surface area contributed by atoms with Crippen LogP contribution in [0.5, 0.6) is 0 Å². The maximum atomic E-state index is 6.37. The van der Waals surface area contributed by atoms with Crippen molar-refractivity contribution in [2.45, 2.75) is 64.8 Å². The van der Waals surface area contributed by atoms with Gasteiger partial charge >= 0.3 is 0 Å². The van der Waals surface area contributed by atoms with Crippen LogP contribution in [0, 0.1) is 11.8 Å². The molecule has 0 spiro atoms. The number of hydrogen-bond donors (Lipinski definition) is 1. The molecule has 2 atom stereocenters. The molecule has 0 saturated heterocycles. The molecule has 0 heterocycles. The molecule has 0 aromatic rings. The fourth-order valence-corrected chi connectivity index (χ4v) is 2.42. The average molecular weight is 183 g/mol. The molecule has 13 heavy (non-hydrogen) atoms. The summed E-state index contributed by atoms with van der Waals surface area (Å²) in [6.07, 6.45) is 7.76. The van der Waals surface area contributed by atoms with Crippen molar-refractivity contribution in [3.8, 4) is 0 Å². The fourth-order valence-electron chi connectivity index (χ4n) is 2.42. The van der Waals surface area contributed by atoms with Gasteiger partial charge in [-0.15, -0.1) is 0 Å². The summed E-state index contributed by atoms with van der Waals surface area (Å²) in [4.78, 5) is 0. The molecule has 0 radical (unpaired) electrons. The molecule has 2 N–H and O–H groups in total. The van der Waals surface area contributed by atoms with Crippen LogP contribution in [0.25, 0.3) is 0 Å². The summed E-state index contributed by atoms with van der Waals surface area (Å²) in [5.41, 5.74) is 6.57. The maximum Gasteiger partial charge on any atom is 0.0157 e. The van der Waals surface area contributed by atoms with Gasteiger partial charge in [-0.25, -0.2) is 0 Å². The van der Waals surface area contributed by atoms with Crippen LogP contribution in [0.1, 0.15) is 59.3 Å². The Labute approximate surface area is 83.1 Å². The van der Waals surface area contributed by atoms with Gasteiger partial charge in [-0.1, -0.05) is 27.2 Å². The summed E-state index contributed by atoms with van der Waals surface area (Å²) in [5.74, 6) is 1.72. The van der Waals surface area contributed by atoms with E-state index < -0.39 is 0 Å². The predicted octanol–water partition coefficient (Wildman–Crippen LogP) is 3.33. The van der Waals surface area contributed by atoms with Crippen LogP contribution < -0.4 is 5.73 Å². The second kappa shape index (κ2) is 4.45. The lowest BCUT2D eigenvalue weighted by molar-refractivity contribution is 0.349. The Morgan fingerprint density at radius 3 is 2.62 bits per heavy atom. The molecule has 1 saturated carbocycles. The van der Waals surface area contributed by atoms with E-state index in [9.17, 15) is 0 Å². The molecule has 1 nitrogen and oxygen atoms in total. The van der Waals surface area contributed by atoms with Gasteiger partial charge in [-0.3, -0.25) is 0 Å². The minimum Gasteiger partial charge on any atom is -0.325 e. The van der Waals surface area contributed by atoms with Crippen LogP contribution >= 0.6 is 0 Å². The van der Waals surface area contributed by atoms with Crippen LogP contribution in [0.2, 0.25) is 0 Å². The largest absolute Gasteiger partial charge is 0.325 e. The van der Waals surface area contributed by atoms with E-state index >= 15 is 0 Å². The van der Waals surface area contributed by atoms with Crippen molar-refractivity contribution in [3.05, 3.63) is 0 Å². The molecular weight excluding hydrogens is 158 g/mol. The first kappa shape index (κ1) is 11.0. The molecule has 0 aromatic carbocycles. The fraction of sp³-hybridized carbons (Fsp3) is 1.00. The molecule has 0 aliphatic heterocycles. The predicted molar refractivity (Wildman–Crippen MR) is 58.6 cm³/mol. The quantitative estimate of drug-likeness (QED) is 0.711. The van der Waals surface area contributed by atoms with Crippen LogP contribution in [-0.2, 0) is 0 Å². The van der Waals surface area contributed by atoms with Gasteiger partial charge in [0.1, 0.15) is 0 Å². The molecule has 1 aliphatic rings. The van der Waals surface area contributed by atoms with E-state index in [1.165, 1.54) is 38.5 Å². The highest BCUT2D eigenvalue weighted by Gasteiger charge is 2.34. The lowest BCUT2D eigenvalue weighted by atomic mass is 9.88. The number of hydrogen-bond acceptors (Lipinski definition) is 1. The third kappa shape index (κ3) is 3.30. The maximum absolute atomic E-state index is 6.37. The molecule has 0 aromatic heterocycles. The molecular formula is C12H25N. The molecule has 1 rings (SSSR count).